The van der Waals surface area contributed by atoms with Gasteiger partial charge in [0.25, 0.3) is 0 Å². The highest BCUT2D eigenvalue weighted by atomic mass is 19.1. The number of amides is 1. The molecule has 4 heteroatoms. The molecule has 0 aliphatic rings. The number of hydrogen-bond donors (Lipinski definition) is 1. The maximum absolute atomic E-state index is 13.2. The van der Waals surface area contributed by atoms with Crippen LogP contribution in [0.15, 0.2) is 78.9 Å². The van der Waals surface area contributed by atoms with Gasteiger partial charge in [-0.15, -0.1) is 0 Å². The first-order valence-corrected chi connectivity index (χ1v) is 9.53. The first-order chi connectivity index (χ1) is 13.6. The van der Waals surface area contributed by atoms with Gasteiger partial charge in [-0.05, 0) is 53.8 Å². The van der Waals surface area contributed by atoms with Crippen LogP contribution in [0.2, 0.25) is 0 Å². The molecule has 0 saturated carbocycles. The highest BCUT2D eigenvalue weighted by Gasteiger charge is 2.23. The number of rotatable bonds is 7. The predicted molar refractivity (Wildman–Crippen MR) is 112 cm³/mol. The van der Waals surface area contributed by atoms with Gasteiger partial charge in [0.05, 0.1) is 0 Å². The molecule has 144 valence electrons. The third kappa shape index (κ3) is 4.84. The summed E-state index contributed by atoms with van der Waals surface area (Å²) >= 11 is 0. The monoisotopic (exact) mass is 376 g/mol. The average molecular weight is 376 g/mol. The molecular formula is C24H25FN2O. The van der Waals surface area contributed by atoms with Crippen LogP contribution < -0.4 is 10.6 Å². The van der Waals surface area contributed by atoms with Crippen LogP contribution in [0.3, 0.4) is 0 Å². The van der Waals surface area contributed by atoms with Gasteiger partial charge in [-0.1, -0.05) is 61.5 Å². The first kappa shape index (κ1) is 19.8. The van der Waals surface area contributed by atoms with Crippen molar-refractivity contribution in [2.24, 2.45) is 5.73 Å². The number of carbonyl (C=O) groups excluding carboxylic acids is 1. The largest absolute Gasteiger partial charge is 0.316 e. The average Bonchev–Trinajstić information content (AvgIpc) is 2.75. The lowest BCUT2D eigenvalue weighted by atomic mass is 10.0. The molecule has 1 atom stereocenters. The molecule has 0 aliphatic heterocycles. The van der Waals surface area contributed by atoms with E-state index in [0.717, 1.165) is 23.2 Å². The van der Waals surface area contributed by atoms with Crippen LogP contribution in [0, 0.1) is 5.82 Å². The number of nitrogens with zero attached hydrogens (tertiary/aromatic N) is 1. The molecule has 1 amide bonds. The van der Waals surface area contributed by atoms with E-state index in [9.17, 15) is 9.18 Å². The second-order valence-electron chi connectivity index (χ2n) is 6.77. The van der Waals surface area contributed by atoms with Gasteiger partial charge in [0.1, 0.15) is 11.9 Å². The molecule has 3 nitrogen and oxygen atoms in total. The Morgan fingerprint density at radius 2 is 1.54 bits per heavy atom. The van der Waals surface area contributed by atoms with E-state index >= 15 is 0 Å². The summed E-state index contributed by atoms with van der Waals surface area (Å²) in [6, 6.07) is 23.0. The highest BCUT2D eigenvalue weighted by Crippen LogP contribution is 2.21. The van der Waals surface area contributed by atoms with Crippen LogP contribution in [0.1, 0.15) is 29.7 Å². The summed E-state index contributed by atoms with van der Waals surface area (Å²) in [6.07, 6.45) is 1.55. The maximum atomic E-state index is 13.2. The molecule has 2 N–H and O–H groups in total. The van der Waals surface area contributed by atoms with E-state index in [1.165, 1.54) is 17.7 Å². The molecule has 0 radical (unpaired) electrons. The summed E-state index contributed by atoms with van der Waals surface area (Å²) in [6.45, 7) is 2.56. The molecule has 3 aromatic rings. The highest BCUT2D eigenvalue weighted by molar-refractivity contribution is 5.97. The van der Waals surface area contributed by atoms with E-state index in [-0.39, 0.29) is 11.7 Å². The zero-order chi connectivity index (χ0) is 19.9. The molecule has 3 aromatic carbocycles. The molecule has 0 spiro atoms. The third-order valence-corrected chi connectivity index (χ3v) is 4.88. The smallest absolute Gasteiger partial charge is 0.248 e. The summed E-state index contributed by atoms with van der Waals surface area (Å²) < 4.78 is 13.2. The molecule has 0 fully saturated rings. The van der Waals surface area contributed by atoms with Crippen LogP contribution in [-0.4, -0.2) is 12.5 Å². The number of hydrogen-bond acceptors (Lipinski definition) is 2. The number of benzene rings is 3. The van der Waals surface area contributed by atoms with Crippen LogP contribution in [0.4, 0.5) is 10.1 Å². The quantitative estimate of drug-likeness (QED) is 0.652. The van der Waals surface area contributed by atoms with Crippen molar-refractivity contribution in [2.75, 3.05) is 11.4 Å². The summed E-state index contributed by atoms with van der Waals surface area (Å²) in [4.78, 5) is 14.9. The van der Waals surface area contributed by atoms with E-state index in [2.05, 4.69) is 6.92 Å². The number of aryl methyl sites for hydroxylation is 1. The fraction of sp³-hybridized carbons (Fsp3) is 0.208. The Bertz CT molecular complexity index is 892. The molecule has 28 heavy (non-hydrogen) atoms. The second kappa shape index (κ2) is 9.29. The molecular weight excluding hydrogens is 351 g/mol. The van der Waals surface area contributed by atoms with Gasteiger partial charge in [-0.3, -0.25) is 4.79 Å². The van der Waals surface area contributed by atoms with Gasteiger partial charge >= 0.3 is 0 Å². The van der Waals surface area contributed by atoms with E-state index in [0.29, 0.717) is 13.0 Å². The van der Waals surface area contributed by atoms with E-state index in [4.69, 9.17) is 5.73 Å². The van der Waals surface area contributed by atoms with Crippen molar-refractivity contribution in [1.82, 2.24) is 0 Å². The van der Waals surface area contributed by atoms with Crippen molar-refractivity contribution in [3.05, 3.63) is 101 Å². The van der Waals surface area contributed by atoms with Crippen molar-refractivity contribution in [3.63, 3.8) is 0 Å². The fourth-order valence-electron chi connectivity index (χ4n) is 3.14. The summed E-state index contributed by atoms with van der Waals surface area (Å²) in [5.41, 5.74) is 10.1. The Morgan fingerprint density at radius 1 is 0.929 bits per heavy atom. The number of halogens is 1. The van der Waals surface area contributed by atoms with Crippen LogP contribution in [-0.2, 0) is 17.6 Å². The molecule has 3 rings (SSSR count). The van der Waals surface area contributed by atoms with Crippen LogP contribution in [0.25, 0.3) is 0 Å². The lowest BCUT2D eigenvalue weighted by Crippen LogP contribution is -2.40. The van der Waals surface area contributed by atoms with Gasteiger partial charge in [0.15, 0.2) is 0 Å². The van der Waals surface area contributed by atoms with Gasteiger partial charge in [0, 0.05) is 12.2 Å². The second-order valence-corrected chi connectivity index (χ2v) is 6.77. The number of nitrogens with two attached hydrogens (primary N) is 1. The van der Waals surface area contributed by atoms with Crippen LogP contribution in [0.5, 0.6) is 0 Å². The fourth-order valence-corrected chi connectivity index (χ4v) is 3.14. The number of anilines is 1. The Morgan fingerprint density at radius 3 is 2.14 bits per heavy atom. The van der Waals surface area contributed by atoms with Gasteiger partial charge in [-0.2, -0.15) is 0 Å². The Kier molecular flexibility index (Phi) is 6.56. The van der Waals surface area contributed by atoms with E-state index in [1.807, 2.05) is 54.6 Å². The molecule has 0 bridgehead atoms. The van der Waals surface area contributed by atoms with Crippen molar-refractivity contribution < 1.29 is 9.18 Å². The topological polar surface area (TPSA) is 46.3 Å². The summed E-state index contributed by atoms with van der Waals surface area (Å²) in [5, 5.41) is 0. The maximum Gasteiger partial charge on any atom is 0.248 e. The predicted octanol–water partition coefficient (Wildman–Crippen LogP) is 4.66. The Balaban J connectivity index is 1.84. The Hall–Kier alpha value is -2.98. The van der Waals surface area contributed by atoms with Gasteiger partial charge in [-0.25, -0.2) is 4.39 Å². The van der Waals surface area contributed by atoms with Crippen molar-refractivity contribution in [3.8, 4) is 0 Å². The van der Waals surface area contributed by atoms with Gasteiger partial charge < -0.3 is 10.6 Å². The summed E-state index contributed by atoms with van der Waals surface area (Å²) in [7, 11) is 0. The normalized spacial score (nSPS) is 11.8. The van der Waals surface area contributed by atoms with E-state index < -0.39 is 6.04 Å². The Labute approximate surface area is 165 Å². The minimum absolute atomic E-state index is 0.155. The first-order valence-electron chi connectivity index (χ1n) is 9.53. The zero-order valence-electron chi connectivity index (χ0n) is 16.0. The molecule has 0 aromatic heterocycles. The van der Waals surface area contributed by atoms with Crippen molar-refractivity contribution in [1.29, 1.82) is 0 Å². The standard InChI is InChI=1S/C24H25FN2O/c1-2-18-10-14-22(15-11-18)27(17-16-19-8-12-21(25)13-9-19)24(28)23(26)20-6-4-3-5-7-20/h3-15,23H,2,16-17,26H2,1H3. The van der Waals surface area contributed by atoms with Crippen molar-refractivity contribution in [2.45, 2.75) is 25.8 Å². The summed E-state index contributed by atoms with van der Waals surface area (Å²) in [5.74, 6) is -0.421. The third-order valence-electron chi connectivity index (χ3n) is 4.88. The molecule has 1 unspecified atom stereocenters. The SMILES string of the molecule is CCc1ccc(N(CCc2ccc(F)cc2)C(=O)C(N)c2ccccc2)cc1. The van der Waals surface area contributed by atoms with Crippen LogP contribution >= 0.6 is 0 Å². The zero-order valence-corrected chi connectivity index (χ0v) is 16.0. The minimum Gasteiger partial charge on any atom is -0.316 e. The lowest BCUT2D eigenvalue weighted by molar-refractivity contribution is -0.120. The van der Waals surface area contributed by atoms with Gasteiger partial charge in [0.2, 0.25) is 5.91 Å². The van der Waals surface area contributed by atoms with Crippen molar-refractivity contribution >= 4 is 11.6 Å². The van der Waals surface area contributed by atoms with E-state index in [1.54, 1.807) is 17.0 Å². The minimum atomic E-state index is -0.736. The molecule has 0 aliphatic carbocycles. The lowest BCUT2D eigenvalue weighted by Gasteiger charge is -2.26. The molecule has 0 saturated heterocycles. The molecule has 0 heterocycles. The number of carbonyl (C=O) groups is 1.